The number of carbonyl (C=O) groups is 1. The summed E-state index contributed by atoms with van der Waals surface area (Å²) in [6.45, 7) is 0.607. The van der Waals surface area contributed by atoms with Crippen LogP contribution in [0.1, 0.15) is 6.42 Å². The number of hydrogen-bond acceptors (Lipinski definition) is 2. The molecule has 0 aromatic rings. The van der Waals surface area contributed by atoms with Gasteiger partial charge < -0.3 is 4.74 Å². The third kappa shape index (κ3) is 0.675. The van der Waals surface area contributed by atoms with E-state index in [2.05, 4.69) is 12.2 Å². The highest BCUT2D eigenvalue weighted by Gasteiger charge is 2.42. The number of rotatable bonds is 0. The number of allylic oxidation sites excluding steroid dienone is 2. The molecule has 2 aliphatic carbocycles. The molecular formula is C10H10O2. The van der Waals surface area contributed by atoms with Crippen molar-refractivity contribution in [1.29, 1.82) is 0 Å². The highest BCUT2D eigenvalue weighted by molar-refractivity contribution is 5.84. The maximum absolute atomic E-state index is 11.0. The van der Waals surface area contributed by atoms with Gasteiger partial charge in [0.25, 0.3) is 0 Å². The van der Waals surface area contributed by atoms with E-state index in [4.69, 9.17) is 4.74 Å². The smallest absolute Gasteiger partial charge is 0.330 e. The zero-order chi connectivity index (χ0) is 8.13. The molecule has 62 valence electrons. The second-order valence-electron chi connectivity index (χ2n) is 3.77. The number of cyclic esters (lactones) is 1. The molecule has 3 aliphatic rings. The van der Waals surface area contributed by atoms with Crippen molar-refractivity contribution in [2.45, 2.75) is 6.42 Å². The van der Waals surface area contributed by atoms with E-state index >= 15 is 0 Å². The zero-order valence-electron chi connectivity index (χ0n) is 6.69. The zero-order valence-corrected chi connectivity index (χ0v) is 6.69. The molecule has 2 nitrogen and oxygen atoms in total. The van der Waals surface area contributed by atoms with Gasteiger partial charge in [-0.15, -0.1) is 0 Å². The average molecular weight is 162 g/mol. The van der Waals surface area contributed by atoms with Crippen molar-refractivity contribution >= 4 is 5.97 Å². The summed E-state index contributed by atoms with van der Waals surface area (Å²) in [5, 5.41) is 0. The van der Waals surface area contributed by atoms with Gasteiger partial charge in [-0.1, -0.05) is 12.2 Å². The minimum atomic E-state index is -0.151. The second kappa shape index (κ2) is 2.00. The molecule has 12 heavy (non-hydrogen) atoms. The fourth-order valence-corrected chi connectivity index (χ4v) is 2.58. The van der Waals surface area contributed by atoms with Crippen molar-refractivity contribution in [3.8, 4) is 0 Å². The van der Waals surface area contributed by atoms with Gasteiger partial charge in [0.05, 0.1) is 6.61 Å². The van der Waals surface area contributed by atoms with Crippen LogP contribution in [-0.2, 0) is 9.53 Å². The topological polar surface area (TPSA) is 26.3 Å². The highest BCUT2D eigenvalue weighted by Crippen LogP contribution is 2.48. The first-order valence-corrected chi connectivity index (χ1v) is 4.41. The Hall–Kier alpha value is -1.05. The third-order valence-corrected chi connectivity index (χ3v) is 3.18. The van der Waals surface area contributed by atoms with E-state index in [9.17, 15) is 4.79 Å². The van der Waals surface area contributed by atoms with Crippen molar-refractivity contribution in [1.82, 2.24) is 0 Å². The molecule has 0 aromatic heterocycles. The van der Waals surface area contributed by atoms with Crippen LogP contribution >= 0.6 is 0 Å². The minimum absolute atomic E-state index is 0.151. The molecular weight excluding hydrogens is 152 g/mol. The molecule has 3 rings (SSSR count). The summed E-state index contributed by atoms with van der Waals surface area (Å²) in [5.41, 5.74) is 1.32. The molecule has 3 atom stereocenters. The maximum atomic E-state index is 11.0. The lowest BCUT2D eigenvalue weighted by atomic mass is 9.88. The van der Waals surface area contributed by atoms with Crippen molar-refractivity contribution in [2.75, 3.05) is 6.61 Å². The minimum Gasteiger partial charge on any atom is -0.462 e. The van der Waals surface area contributed by atoms with E-state index in [0.29, 0.717) is 24.4 Å². The molecule has 1 aliphatic heterocycles. The van der Waals surface area contributed by atoms with Gasteiger partial charge in [-0.3, -0.25) is 0 Å². The van der Waals surface area contributed by atoms with Crippen LogP contribution in [0.15, 0.2) is 23.8 Å². The summed E-state index contributed by atoms with van der Waals surface area (Å²) in [6, 6.07) is 0. The largest absolute Gasteiger partial charge is 0.462 e. The summed E-state index contributed by atoms with van der Waals surface area (Å²) < 4.78 is 5.00. The van der Waals surface area contributed by atoms with Crippen LogP contribution < -0.4 is 0 Å². The molecule has 1 fully saturated rings. The Morgan fingerprint density at radius 3 is 3.25 bits per heavy atom. The molecule has 1 saturated carbocycles. The monoisotopic (exact) mass is 162 g/mol. The maximum Gasteiger partial charge on any atom is 0.330 e. The van der Waals surface area contributed by atoms with Crippen molar-refractivity contribution in [2.24, 2.45) is 17.8 Å². The molecule has 0 radical (unpaired) electrons. The van der Waals surface area contributed by atoms with E-state index in [1.807, 2.05) is 0 Å². The van der Waals surface area contributed by atoms with Crippen LogP contribution in [0.2, 0.25) is 0 Å². The van der Waals surface area contributed by atoms with Crippen molar-refractivity contribution < 1.29 is 9.53 Å². The standard InChI is InChI=1S/C10H10O2/c11-10-4-8-6-1-2-7(3-6)9(8)5-12-10/h1-2,4,6-7,9H,3,5H2/t6-,7+,9+/m1/s1. The normalized spacial score (nSPS) is 42.5. The molecule has 0 N–H and O–H groups in total. The summed E-state index contributed by atoms with van der Waals surface area (Å²) in [5.74, 6) is 1.56. The lowest BCUT2D eigenvalue weighted by molar-refractivity contribution is -0.140. The van der Waals surface area contributed by atoms with Gasteiger partial charge in [0.2, 0.25) is 0 Å². The SMILES string of the molecule is O=C1C=C2[C@@H]3C=C[C@@H](C3)[C@@H]2CO1. The van der Waals surface area contributed by atoms with Gasteiger partial charge in [-0.05, 0) is 23.8 Å². The summed E-state index contributed by atoms with van der Waals surface area (Å²) in [6.07, 6.45) is 7.40. The predicted octanol–water partition coefficient (Wildman–Crippen LogP) is 1.29. The number of hydrogen-bond donors (Lipinski definition) is 0. The van der Waals surface area contributed by atoms with Gasteiger partial charge in [-0.25, -0.2) is 4.79 Å². The number of esters is 1. The molecule has 2 bridgehead atoms. The summed E-state index contributed by atoms with van der Waals surface area (Å²) in [4.78, 5) is 11.0. The fourth-order valence-electron chi connectivity index (χ4n) is 2.58. The van der Waals surface area contributed by atoms with Crippen molar-refractivity contribution in [3.63, 3.8) is 0 Å². The van der Waals surface area contributed by atoms with Crippen LogP contribution in [0, 0.1) is 17.8 Å². The van der Waals surface area contributed by atoms with E-state index in [0.717, 1.165) is 0 Å². The lowest BCUT2D eigenvalue weighted by Crippen LogP contribution is -2.24. The summed E-state index contributed by atoms with van der Waals surface area (Å²) >= 11 is 0. The van der Waals surface area contributed by atoms with Crippen LogP contribution in [0.5, 0.6) is 0 Å². The Morgan fingerprint density at radius 2 is 2.33 bits per heavy atom. The van der Waals surface area contributed by atoms with Gasteiger partial charge in [-0.2, -0.15) is 0 Å². The van der Waals surface area contributed by atoms with Crippen molar-refractivity contribution in [3.05, 3.63) is 23.8 Å². The molecule has 0 amide bonds. The number of fused-ring (bicyclic) bond motifs is 5. The van der Waals surface area contributed by atoms with Gasteiger partial charge >= 0.3 is 5.97 Å². The third-order valence-electron chi connectivity index (χ3n) is 3.18. The van der Waals surface area contributed by atoms with E-state index in [1.165, 1.54) is 12.0 Å². The Bertz CT molecular complexity index is 301. The second-order valence-corrected chi connectivity index (χ2v) is 3.77. The lowest BCUT2D eigenvalue weighted by Gasteiger charge is -2.24. The van der Waals surface area contributed by atoms with Gasteiger partial charge in [0, 0.05) is 12.0 Å². The number of ether oxygens (including phenoxy) is 1. The molecule has 0 unspecified atom stereocenters. The van der Waals surface area contributed by atoms with Gasteiger partial charge in [0.15, 0.2) is 0 Å². The first-order chi connectivity index (χ1) is 5.84. The molecule has 2 heteroatoms. The van der Waals surface area contributed by atoms with Crippen LogP contribution in [0.4, 0.5) is 0 Å². The summed E-state index contributed by atoms with van der Waals surface area (Å²) in [7, 11) is 0. The first-order valence-electron chi connectivity index (χ1n) is 4.41. The van der Waals surface area contributed by atoms with Crippen LogP contribution in [0.3, 0.4) is 0 Å². The number of carbonyl (C=O) groups excluding carboxylic acids is 1. The quantitative estimate of drug-likeness (QED) is 0.396. The fraction of sp³-hybridized carbons (Fsp3) is 0.500. The average Bonchev–Trinajstić information content (AvgIpc) is 2.63. The Labute approximate surface area is 70.9 Å². The van der Waals surface area contributed by atoms with Gasteiger partial charge in [0.1, 0.15) is 0 Å². The molecule has 0 spiro atoms. The first kappa shape index (κ1) is 6.46. The van der Waals surface area contributed by atoms with E-state index in [-0.39, 0.29) is 5.97 Å². The predicted molar refractivity (Wildman–Crippen MR) is 43.3 cm³/mol. The highest BCUT2D eigenvalue weighted by atomic mass is 16.5. The molecule has 0 saturated heterocycles. The Balaban J connectivity index is 2.06. The Kier molecular flexibility index (Phi) is 1.08. The van der Waals surface area contributed by atoms with E-state index in [1.54, 1.807) is 6.08 Å². The Morgan fingerprint density at radius 1 is 1.42 bits per heavy atom. The van der Waals surface area contributed by atoms with E-state index < -0.39 is 0 Å². The molecule has 0 aromatic carbocycles. The van der Waals surface area contributed by atoms with Crippen LogP contribution in [-0.4, -0.2) is 12.6 Å². The van der Waals surface area contributed by atoms with Crippen LogP contribution in [0.25, 0.3) is 0 Å². The molecule has 1 heterocycles.